The lowest BCUT2D eigenvalue weighted by Gasteiger charge is -2.51. The highest BCUT2D eigenvalue weighted by atomic mass is 32.2. The van der Waals surface area contributed by atoms with Crippen molar-refractivity contribution in [1.82, 2.24) is 0 Å². The molecule has 4 aliphatic rings. The summed E-state index contributed by atoms with van der Waals surface area (Å²) in [5, 5.41) is 0. The Bertz CT molecular complexity index is 924. The summed E-state index contributed by atoms with van der Waals surface area (Å²) in [6.07, 6.45) is 16.5. The topological polar surface area (TPSA) is 52.6 Å². The van der Waals surface area contributed by atoms with Crippen LogP contribution in [-0.2, 0) is 29.7 Å². The first-order valence-electron chi connectivity index (χ1n) is 11.3. The normalized spacial score (nSPS) is 38.0. The van der Waals surface area contributed by atoms with Gasteiger partial charge in [-0.05, 0) is 73.5 Å². The van der Waals surface area contributed by atoms with Crippen molar-refractivity contribution in [2.24, 2.45) is 28.6 Å². The molecule has 0 aromatic heterocycles. The lowest BCUT2D eigenvalue weighted by Crippen LogP contribution is -2.42. The van der Waals surface area contributed by atoms with Crippen LogP contribution in [0.4, 0.5) is 0 Å². The third-order valence-corrected chi connectivity index (χ3v) is 8.56. The quantitative estimate of drug-likeness (QED) is 0.263. The second-order valence-electron chi connectivity index (χ2n) is 10.2. The average molecular weight is 444 g/mol. The number of carbonyl (C=O) groups excluding carboxylic acids is 2. The molecule has 0 radical (unpaired) electrons. The molecule has 2 fully saturated rings. The minimum absolute atomic E-state index is 0.00815. The molecule has 168 valence electrons. The maximum Gasteiger partial charge on any atom is 0.303 e. The third-order valence-electron chi connectivity index (χ3n) is 8.03. The maximum atomic E-state index is 12.0. The number of fused-ring (bicyclic) bond motifs is 5. The average Bonchev–Trinajstić information content (AvgIpc) is 2.95. The predicted molar refractivity (Wildman–Crippen MR) is 125 cm³/mol. The summed E-state index contributed by atoms with van der Waals surface area (Å²) in [5.41, 5.74) is 4.00. The summed E-state index contributed by atoms with van der Waals surface area (Å²) in [4.78, 5) is 23.5. The summed E-state index contributed by atoms with van der Waals surface area (Å²) in [7, 11) is 0. The van der Waals surface area contributed by atoms with Crippen molar-refractivity contribution in [2.75, 3.05) is 19.1 Å². The Kier molecular flexibility index (Phi) is 5.78. The number of allylic oxidation sites excluding steroid dienone is 7. The van der Waals surface area contributed by atoms with Gasteiger partial charge in [-0.1, -0.05) is 37.1 Å². The lowest BCUT2D eigenvalue weighted by atomic mass is 9.53. The van der Waals surface area contributed by atoms with E-state index in [9.17, 15) is 9.59 Å². The molecule has 0 aromatic rings. The highest BCUT2D eigenvalue weighted by Gasteiger charge is 2.56. The van der Waals surface area contributed by atoms with E-state index in [2.05, 4.69) is 45.4 Å². The fourth-order valence-corrected chi connectivity index (χ4v) is 7.33. The third kappa shape index (κ3) is 3.73. The van der Waals surface area contributed by atoms with E-state index < -0.39 is 0 Å². The van der Waals surface area contributed by atoms with Gasteiger partial charge >= 0.3 is 5.97 Å². The Hall–Kier alpha value is -1.75. The van der Waals surface area contributed by atoms with Gasteiger partial charge in [0.25, 0.3) is 0 Å². The number of esters is 1. The largest absolute Gasteiger partial charge is 0.457 e. The molecule has 0 amide bonds. The number of ketones is 1. The summed E-state index contributed by atoms with van der Waals surface area (Å²) < 4.78 is 11.7. The zero-order chi connectivity index (χ0) is 22.6. The first-order chi connectivity index (χ1) is 14.6. The molecule has 0 bridgehead atoms. The van der Waals surface area contributed by atoms with Crippen molar-refractivity contribution >= 4 is 22.9 Å². The molecule has 0 spiro atoms. The second-order valence-corrected chi connectivity index (χ2v) is 11.9. The van der Waals surface area contributed by atoms with Gasteiger partial charge in [0, 0.05) is 12.3 Å². The monoisotopic (exact) mass is 443 g/mol. The van der Waals surface area contributed by atoms with Gasteiger partial charge in [-0.2, -0.15) is 0 Å². The van der Waals surface area contributed by atoms with Crippen LogP contribution < -0.4 is 0 Å². The summed E-state index contributed by atoms with van der Waals surface area (Å²) >= 11 is -0.238. The van der Waals surface area contributed by atoms with E-state index in [1.165, 1.54) is 23.6 Å². The van der Waals surface area contributed by atoms with E-state index in [1.807, 2.05) is 6.08 Å². The number of rotatable bonds is 4. The van der Waals surface area contributed by atoms with Gasteiger partial charge in [0.1, 0.15) is 12.5 Å². The lowest BCUT2D eigenvalue weighted by molar-refractivity contribution is -0.140. The van der Waals surface area contributed by atoms with Gasteiger partial charge in [0.05, 0.1) is 0 Å². The smallest absolute Gasteiger partial charge is 0.303 e. The van der Waals surface area contributed by atoms with Crippen molar-refractivity contribution < 1.29 is 18.5 Å². The molecule has 4 rings (SSSR count). The Morgan fingerprint density at radius 2 is 2.03 bits per heavy atom. The van der Waals surface area contributed by atoms with Crippen molar-refractivity contribution in [3.05, 3.63) is 46.8 Å². The molecule has 0 saturated heterocycles. The number of hydrogen-bond acceptors (Lipinski definition) is 4. The highest BCUT2D eigenvalue weighted by Crippen LogP contribution is 2.65. The van der Waals surface area contributed by atoms with Gasteiger partial charge in [-0.15, -0.1) is 0 Å². The Morgan fingerprint density at radius 1 is 1.29 bits per heavy atom. The van der Waals surface area contributed by atoms with Crippen LogP contribution in [0.3, 0.4) is 0 Å². The zero-order valence-electron chi connectivity index (χ0n) is 19.6. The molecule has 0 heterocycles. The van der Waals surface area contributed by atoms with E-state index in [0.29, 0.717) is 17.8 Å². The molecule has 5 heteroatoms. The van der Waals surface area contributed by atoms with Crippen LogP contribution in [0.5, 0.6) is 0 Å². The van der Waals surface area contributed by atoms with Crippen LogP contribution in [0, 0.1) is 28.6 Å². The summed E-state index contributed by atoms with van der Waals surface area (Å²) in [6, 6.07) is 0. The molecular weight excluding hydrogens is 408 g/mol. The summed E-state index contributed by atoms with van der Waals surface area (Å²) in [5.74, 6) is 2.15. The maximum absolute atomic E-state index is 12.0. The number of ether oxygens (including phenoxy) is 1. The van der Waals surface area contributed by atoms with E-state index in [4.69, 9.17) is 8.92 Å². The van der Waals surface area contributed by atoms with E-state index in [-0.39, 0.29) is 40.4 Å². The minimum atomic E-state index is -0.273. The molecule has 4 aliphatic carbocycles. The van der Waals surface area contributed by atoms with Crippen LogP contribution in [0.25, 0.3) is 0 Å². The Morgan fingerprint density at radius 3 is 2.71 bits per heavy atom. The molecule has 4 nitrogen and oxygen atoms in total. The molecule has 5 atom stereocenters. The van der Waals surface area contributed by atoms with Gasteiger partial charge in [0.15, 0.2) is 23.6 Å². The first kappa shape index (κ1) is 22.4. The molecule has 31 heavy (non-hydrogen) atoms. The van der Waals surface area contributed by atoms with Gasteiger partial charge in [-0.25, -0.2) is 0 Å². The van der Waals surface area contributed by atoms with Crippen molar-refractivity contribution in [3.63, 3.8) is 0 Å². The number of carbonyl (C=O) groups is 2. The van der Waals surface area contributed by atoms with E-state index in [1.54, 1.807) is 6.08 Å². The minimum Gasteiger partial charge on any atom is -0.457 e. The van der Waals surface area contributed by atoms with Crippen molar-refractivity contribution in [2.45, 2.75) is 53.4 Å². The van der Waals surface area contributed by atoms with Gasteiger partial charge in [-0.3, -0.25) is 13.8 Å². The predicted octanol–water partition coefficient (Wildman–Crippen LogP) is 5.09. The molecular formula is C26H35O4S+. The van der Waals surface area contributed by atoms with Crippen LogP contribution in [0.15, 0.2) is 46.8 Å². The molecule has 0 aromatic carbocycles. The van der Waals surface area contributed by atoms with E-state index >= 15 is 0 Å². The van der Waals surface area contributed by atoms with E-state index in [0.717, 1.165) is 31.4 Å². The fraction of sp³-hybridized carbons (Fsp3) is 0.615. The molecule has 0 aliphatic heterocycles. The van der Waals surface area contributed by atoms with Crippen LogP contribution >= 0.6 is 0 Å². The fourth-order valence-electron chi connectivity index (χ4n) is 6.79. The van der Waals surface area contributed by atoms with Gasteiger partial charge < -0.3 is 4.74 Å². The Labute approximate surface area is 189 Å². The molecule has 2 saturated carbocycles. The summed E-state index contributed by atoms with van der Waals surface area (Å²) in [6.45, 7) is 8.65. The van der Waals surface area contributed by atoms with Crippen LogP contribution in [0.2, 0.25) is 0 Å². The Balaban J connectivity index is 1.75. The standard InChI is InChI=1S/C26H35O4S/c1-16-13-22-20-8-7-18-14-19(28)9-11-25(18,3)21(20)10-12-26(22,4)24(16)23(30-31(5)6)15-29-17(2)27/h9-11,14,16,20,22H,7-8,12-13,15H2,1-6H3/q+1/b24-23-/t16-,20?,22?,25+,26+/m1/s1. The van der Waals surface area contributed by atoms with Crippen molar-refractivity contribution in [3.8, 4) is 0 Å². The highest BCUT2D eigenvalue weighted by molar-refractivity contribution is 7.91. The molecule has 2 unspecified atom stereocenters. The van der Waals surface area contributed by atoms with Crippen molar-refractivity contribution in [1.29, 1.82) is 0 Å². The van der Waals surface area contributed by atoms with Crippen LogP contribution in [0.1, 0.15) is 53.4 Å². The zero-order valence-corrected chi connectivity index (χ0v) is 20.4. The number of hydrogen-bond donors (Lipinski definition) is 0. The molecule has 0 N–H and O–H groups in total. The first-order valence-corrected chi connectivity index (χ1v) is 13.3. The second kappa shape index (κ2) is 7.99. The SMILES string of the molecule is CC(=O)OC/C(O[S+](C)C)=C1\[C@H](C)CC2C3CCC4=CC(=O)C=C[C@]4(C)C3=CC[C@]12C. The van der Waals surface area contributed by atoms with Crippen LogP contribution in [-0.4, -0.2) is 30.9 Å². The van der Waals surface area contributed by atoms with Gasteiger partial charge in [0.2, 0.25) is 5.76 Å².